The summed E-state index contributed by atoms with van der Waals surface area (Å²) in [6, 6.07) is 13.6. The molecular weight excluding hydrogens is 512 g/mol. The van der Waals surface area contributed by atoms with Gasteiger partial charge in [0.2, 0.25) is 0 Å². The van der Waals surface area contributed by atoms with Crippen molar-refractivity contribution in [2.45, 2.75) is 19.8 Å². The molecule has 198 valence electrons. The van der Waals surface area contributed by atoms with Crippen molar-refractivity contribution in [3.05, 3.63) is 116 Å². The number of phenolic OH excluding ortho intramolecular Hbond substituents is 1. The molecule has 2 unspecified atom stereocenters. The lowest BCUT2D eigenvalue weighted by Gasteiger charge is -2.24. The number of benzene rings is 3. The number of anilines is 1. The van der Waals surface area contributed by atoms with Crippen molar-refractivity contribution in [3.8, 4) is 11.4 Å². The van der Waals surface area contributed by atoms with E-state index >= 15 is 0 Å². The fourth-order valence-electron chi connectivity index (χ4n) is 4.83. The number of non-ortho nitro benzene ring substituents is 1. The van der Waals surface area contributed by atoms with Gasteiger partial charge < -0.3 is 5.11 Å². The number of hydrogen-bond acceptors (Lipinski definition) is 6. The number of H-pyrrole nitrogens is 1. The molecule has 1 aliphatic heterocycles. The quantitative estimate of drug-likeness (QED) is 0.277. The van der Waals surface area contributed by atoms with Crippen LogP contribution in [0.4, 0.5) is 20.2 Å². The molecule has 0 saturated heterocycles. The second kappa shape index (κ2) is 9.63. The number of nitro benzene ring substituents is 1. The number of aromatic amines is 1. The molecule has 1 aromatic heterocycles. The molecule has 39 heavy (non-hydrogen) atoms. The number of nitrogens with one attached hydrogen (secondary N) is 1. The first-order valence-corrected chi connectivity index (χ1v) is 11.8. The molecule has 0 radical (unpaired) electrons. The first-order chi connectivity index (χ1) is 18.6. The van der Waals surface area contributed by atoms with Crippen LogP contribution in [0.5, 0.6) is 5.75 Å². The molecule has 0 aliphatic carbocycles. The van der Waals surface area contributed by atoms with Crippen molar-refractivity contribution in [2.24, 2.45) is 11.0 Å². The average Bonchev–Trinajstić information content (AvgIpc) is 3.36. The van der Waals surface area contributed by atoms with Crippen molar-refractivity contribution in [1.29, 1.82) is 0 Å². The second-order valence-corrected chi connectivity index (χ2v) is 9.09. The molecular formula is C27H21F2N5O5. The van der Waals surface area contributed by atoms with Crippen molar-refractivity contribution in [2.75, 3.05) is 5.01 Å². The Morgan fingerprint density at radius 1 is 0.974 bits per heavy atom. The fraction of sp³-hybridized carbons (Fsp3) is 0.148. The highest BCUT2D eigenvalue weighted by molar-refractivity contribution is 6.15. The van der Waals surface area contributed by atoms with E-state index < -0.39 is 39.9 Å². The maximum absolute atomic E-state index is 13.8. The number of carbonyl (C=O) groups is 1. The maximum atomic E-state index is 13.8. The van der Waals surface area contributed by atoms with Crippen LogP contribution in [-0.2, 0) is 4.79 Å². The van der Waals surface area contributed by atoms with Gasteiger partial charge in [0.1, 0.15) is 17.4 Å². The fourth-order valence-corrected chi connectivity index (χ4v) is 4.83. The third kappa shape index (κ3) is 4.45. The standard InChI is InChI=1S/C27H21F2N5O5/c1-14-23(26(36)32(30-14)18-7-3-16(28)4-8-18)25(21-13-20(34(38)39)11-12-22(21)35)24-15(2)31-33(27(24)37)19-9-5-17(29)6-10-19/h3-13,23,25,31,35H,1-2H3. The molecule has 5 rings (SSSR count). The summed E-state index contributed by atoms with van der Waals surface area (Å²) in [5.74, 6) is -4.29. The number of nitro groups is 1. The van der Waals surface area contributed by atoms with E-state index in [-0.39, 0.29) is 34.0 Å². The maximum Gasteiger partial charge on any atom is 0.275 e. The monoisotopic (exact) mass is 533 g/mol. The van der Waals surface area contributed by atoms with Crippen molar-refractivity contribution < 1.29 is 23.6 Å². The summed E-state index contributed by atoms with van der Waals surface area (Å²) in [4.78, 5) is 38.5. The van der Waals surface area contributed by atoms with Crippen LogP contribution in [0.15, 0.2) is 76.6 Å². The third-order valence-corrected chi connectivity index (χ3v) is 6.66. The Morgan fingerprint density at radius 2 is 1.56 bits per heavy atom. The van der Waals surface area contributed by atoms with E-state index in [1.54, 1.807) is 13.8 Å². The highest BCUT2D eigenvalue weighted by Crippen LogP contribution is 2.42. The summed E-state index contributed by atoms with van der Waals surface area (Å²) >= 11 is 0. The Balaban J connectivity index is 1.71. The first-order valence-electron chi connectivity index (χ1n) is 11.8. The molecule has 1 aliphatic rings. The van der Waals surface area contributed by atoms with Gasteiger partial charge in [0.25, 0.3) is 17.2 Å². The summed E-state index contributed by atoms with van der Waals surface area (Å²) in [5.41, 5.74) is 0.266. The van der Waals surface area contributed by atoms with Crippen LogP contribution in [0.3, 0.4) is 0 Å². The molecule has 0 fully saturated rings. The Kier molecular flexibility index (Phi) is 6.30. The predicted molar refractivity (Wildman–Crippen MR) is 138 cm³/mol. The molecule has 10 nitrogen and oxygen atoms in total. The van der Waals surface area contributed by atoms with Crippen LogP contribution in [0.2, 0.25) is 0 Å². The number of aryl methyl sites for hydroxylation is 1. The van der Waals surface area contributed by atoms with Crippen LogP contribution in [0.25, 0.3) is 5.69 Å². The van der Waals surface area contributed by atoms with Gasteiger partial charge in [-0.2, -0.15) is 5.10 Å². The zero-order valence-corrected chi connectivity index (χ0v) is 20.6. The Bertz CT molecular complexity index is 1690. The lowest BCUT2D eigenvalue weighted by molar-refractivity contribution is -0.385. The lowest BCUT2D eigenvalue weighted by Crippen LogP contribution is -2.34. The number of amides is 1. The predicted octanol–water partition coefficient (Wildman–Crippen LogP) is 4.54. The third-order valence-electron chi connectivity index (χ3n) is 6.66. The second-order valence-electron chi connectivity index (χ2n) is 9.09. The van der Waals surface area contributed by atoms with E-state index in [4.69, 9.17) is 0 Å². The number of rotatable bonds is 6. The average molecular weight is 533 g/mol. The van der Waals surface area contributed by atoms with Crippen LogP contribution in [-0.4, -0.2) is 31.4 Å². The highest BCUT2D eigenvalue weighted by atomic mass is 19.1. The molecule has 1 amide bonds. The number of carbonyl (C=O) groups excluding carboxylic acids is 1. The van der Waals surface area contributed by atoms with Gasteiger partial charge in [-0.1, -0.05) is 0 Å². The van der Waals surface area contributed by atoms with E-state index in [0.717, 1.165) is 27.9 Å². The number of hydrazone groups is 1. The minimum atomic E-state index is -1.20. The van der Waals surface area contributed by atoms with Crippen LogP contribution in [0, 0.1) is 34.6 Å². The van der Waals surface area contributed by atoms with Crippen molar-refractivity contribution in [1.82, 2.24) is 9.78 Å². The number of hydrogen-bond donors (Lipinski definition) is 2. The van der Waals surface area contributed by atoms with Gasteiger partial charge in [-0.3, -0.25) is 24.8 Å². The minimum Gasteiger partial charge on any atom is -0.508 e. The number of nitrogens with zero attached hydrogens (tertiary/aromatic N) is 4. The number of phenols is 1. The normalized spacial score (nSPS) is 15.9. The number of halogens is 2. The van der Waals surface area contributed by atoms with Gasteiger partial charge in [0.15, 0.2) is 0 Å². The van der Waals surface area contributed by atoms with E-state index in [1.165, 1.54) is 48.5 Å². The number of aromatic nitrogens is 2. The Morgan fingerprint density at radius 3 is 2.15 bits per heavy atom. The van der Waals surface area contributed by atoms with Crippen LogP contribution < -0.4 is 10.6 Å². The summed E-state index contributed by atoms with van der Waals surface area (Å²) in [6.45, 7) is 3.15. The lowest BCUT2D eigenvalue weighted by atomic mass is 9.78. The van der Waals surface area contributed by atoms with E-state index in [1.807, 2.05) is 0 Å². The Labute approximate surface area is 219 Å². The zero-order chi connectivity index (χ0) is 28.0. The molecule has 2 N–H and O–H groups in total. The van der Waals surface area contributed by atoms with E-state index in [9.17, 15) is 33.6 Å². The summed E-state index contributed by atoms with van der Waals surface area (Å²) in [6.07, 6.45) is 0. The van der Waals surface area contributed by atoms with E-state index in [2.05, 4.69) is 10.2 Å². The van der Waals surface area contributed by atoms with Crippen molar-refractivity contribution in [3.63, 3.8) is 0 Å². The summed E-state index contributed by atoms with van der Waals surface area (Å²) in [7, 11) is 0. The van der Waals surface area contributed by atoms with Gasteiger partial charge in [0, 0.05) is 40.6 Å². The van der Waals surface area contributed by atoms with Gasteiger partial charge in [-0.15, -0.1) is 0 Å². The molecule has 2 atom stereocenters. The Hall–Kier alpha value is -5.13. The minimum absolute atomic E-state index is 0.0245. The SMILES string of the molecule is CC1=NN(c2ccc(F)cc2)C(=O)C1C(c1cc([N+](=O)[O-])ccc1O)c1c(C)[nH]n(-c2ccc(F)cc2)c1=O. The van der Waals surface area contributed by atoms with Gasteiger partial charge in [-0.05, 0) is 68.4 Å². The molecule has 3 aromatic carbocycles. The van der Waals surface area contributed by atoms with Crippen LogP contribution in [0.1, 0.15) is 29.7 Å². The van der Waals surface area contributed by atoms with Gasteiger partial charge >= 0.3 is 0 Å². The van der Waals surface area contributed by atoms with Crippen LogP contribution >= 0.6 is 0 Å². The molecule has 4 aromatic rings. The zero-order valence-electron chi connectivity index (χ0n) is 20.6. The molecule has 0 spiro atoms. The van der Waals surface area contributed by atoms with Gasteiger partial charge in [0.05, 0.1) is 22.2 Å². The molecule has 12 heteroatoms. The molecule has 2 heterocycles. The molecule has 0 saturated carbocycles. The molecule has 0 bridgehead atoms. The first kappa shape index (κ1) is 25.5. The highest BCUT2D eigenvalue weighted by Gasteiger charge is 2.45. The summed E-state index contributed by atoms with van der Waals surface area (Å²) in [5, 5.41) is 30.8. The van der Waals surface area contributed by atoms with Crippen molar-refractivity contribution >= 4 is 23.0 Å². The van der Waals surface area contributed by atoms with Gasteiger partial charge in [-0.25, -0.2) is 18.5 Å². The summed E-state index contributed by atoms with van der Waals surface area (Å²) < 4.78 is 28.2. The number of aromatic hydroxyl groups is 1. The topological polar surface area (TPSA) is 134 Å². The van der Waals surface area contributed by atoms with E-state index in [0.29, 0.717) is 11.4 Å². The smallest absolute Gasteiger partial charge is 0.275 e. The largest absolute Gasteiger partial charge is 0.508 e.